The van der Waals surface area contributed by atoms with Crippen molar-refractivity contribution in [3.05, 3.63) is 51.4 Å². The number of rotatable bonds is 5. The molecule has 0 radical (unpaired) electrons. The molecule has 1 heterocycles. The monoisotopic (exact) mass is 373 g/mol. The van der Waals surface area contributed by atoms with E-state index in [9.17, 15) is 0 Å². The lowest BCUT2D eigenvalue weighted by Gasteiger charge is -2.14. The molecule has 2 rings (SSSR count). The van der Waals surface area contributed by atoms with E-state index in [2.05, 4.69) is 46.4 Å². The number of halogens is 2. The predicted molar refractivity (Wildman–Crippen MR) is 91.4 cm³/mol. The van der Waals surface area contributed by atoms with Crippen LogP contribution >= 0.6 is 28.3 Å². The first-order valence-corrected chi connectivity index (χ1v) is 7.43. The molecular formula is C16H21BrClNO2. The van der Waals surface area contributed by atoms with Crippen LogP contribution in [0.15, 0.2) is 33.2 Å². The fourth-order valence-electron chi connectivity index (χ4n) is 2.28. The Balaban J connectivity index is 0.00000220. The average Bonchev–Trinajstić information content (AvgIpc) is 2.75. The summed E-state index contributed by atoms with van der Waals surface area (Å²) in [6, 6.07) is 8.46. The third-order valence-corrected chi connectivity index (χ3v) is 3.99. The normalized spacial score (nSPS) is 11.9. The zero-order chi connectivity index (χ0) is 14.7. The lowest BCUT2D eigenvalue weighted by Crippen LogP contribution is -2.18. The maximum Gasteiger partial charge on any atom is 0.133 e. The number of hydrogen-bond acceptors (Lipinski definition) is 3. The molecule has 3 nitrogen and oxygen atoms in total. The minimum Gasteiger partial charge on any atom is -0.496 e. The molecule has 0 bridgehead atoms. The molecule has 116 valence electrons. The van der Waals surface area contributed by atoms with Gasteiger partial charge in [0, 0.05) is 18.2 Å². The third-order valence-electron chi connectivity index (χ3n) is 3.37. The summed E-state index contributed by atoms with van der Waals surface area (Å²) in [5, 5.41) is 3.51. The number of aryl methyl sites for hydroxylation is 2. The molecular weight excluding hydrogens is 354 g/mol. The van der Waals surface area contributed by atoms with E-state index in [1.165, 1.54) is 11.1 Å². The van der Waals surface area contributed by atoms with Gasteiger partial charge in [-0.2, -0.15) is 0 Å². The van der Waals surface area contributed by atoms with Gasteiger partial charge < -0.3 is 14.5 Å². The van der Waals surface area contributed by atoms with Crippen molar-refractivity contribution in [3.63, 3.8) is 0 Å². The molecule has 0 saturated heterocycles. The topological polar surface area (TPSA) is 34.4 Å². The van der Waals surface area contributed by atoms with Crippen LogP contribution in [0.2, 0.25) is 0 Å². The summed E-state index contributed by atoms with van der Waals surface area (Å²) in [7, 11) is 1.67. The van der Waals surface area contributed by atoms with Crippen molar-refractivity contribution in [2.24, 2.45) is 0 Å². The van der Waals surface area contributed by atoms with Crippen molar-refractivity contribution in [3.8, 4) is 5.75 Å². The fraction of sp³-hybridized carbons (Fsp3) is 0.375. The van der Waals surface area contributed by atoms with Crippen LogP contribution in [-0.2, 0) is 6.54 Å². The van der Waals surface area contributed by atoms with Gasteiger partial charge in [0.25, 0.3) is 0 Å². The number of methoxy groups -OCH3 is 1. The molecule has 1 aromatic carbocycles. The van der Waals surface area contributed by atoms with Gasteiger partial charge in [0.15, 0.2) is 0 Å². The molecule has 1 aromatic heterocycles. The molecule has 0 fully saturated rings. The molecule has 1 atom stereocenters. The molecule has 21 heavy (non-hydrogen) atoms. The van der Waals surface area contributed by atoms with Crippen molar-refractivity contribution in [1.82, 2.24) is 5.32 Å². The third kappa shape index (κ3) is 4.50. The summed E-state index contributed by atoms with van der Waals surface area (Å²) in [5.74, 6) is 2.79. The van der Waals surface area contributed by atoms with Crippen molar-refractivity contribution < 1.29 is 9.15 Å². The van der Waals surface area contributed by atoms with Gasteiger partial charge in [-0.05, 0) is 60.5 Å². The Labute approximate surface area is 140 Å². The minimum atomic E-state index is 0. The zero-order valence-corrected chi connectivity index (χ0v) is 15.1. The summed E-state index contributed by atoms with van der Waals surface area (Å²) in [5.41, 5.74) is 2.43. The molecule has 0 amide bonds. The van der Waals surface area contributed by atoms with Crippen molar-refractivity contribution in [2.45, 2.75) is 33.4 Å². The predicted octanol–water partition coefficient (Wildman–Crippen LogP) is 4.94. The fourth-order valence-corrected chi connectivity index (χ4v) is 2.87. The van der Waals surface area contributed by atoms with E-state index < -0.39 is 0 Å². The van der Waals surface area contributed by atoms with Crippen LogP contribution in [0.5, 0.6) is 5.75 Å². The highest BCUT2D eigenvalue weighted by atomic mass is 79.9. The number of nitrogens with one attached hydrogen (secondary N) is 1. The number of furan rings is 1. The number of hydrogen-bond donors (Lipinski definition) is 1. The van der Waals surface area contributed by atoms with Crippen molar-refractivity contribution in [1.29, 1.82) is 0 Å². The standard InChI is InChI=1S/C16H20BrNO2.ClH/c1-10-7-14(12(3)20-10)11(2)18-9-13-5-6-16(19-4)15(17)8-13;/h5-8,11,18H,9H2,1-4H3;1H. The van der Waals surface area contributed by atoms with E-state index in [-0.39, 0.29) is 18.4 Å². The molecule has 2 aromatic rings. The molecule has 0 saturated carbocycles. The van der Waals surface area contributed by atoms with Crippen molar-refractivity contribution >= 4 is 28.3 Å². The first kappa shape index (κ1) is 18.1. The number of benzene rings is 1. The molecule has 0 spiro atoms. The first-order valence-electron chi connectivity index (χ1n) is 6.64. The molecule has 0 aliphatic heterocycles. The van der Waals surface area contributed by atoms with E-state index in [1.807, 2.05) is 19.9 Å². The zero-order valence-electron chi connectivity index (χ0n) is 12.7. The van der Waals surface area contributed by atoms with Gasteiger partial charge in [-0.3, -0.25) is 0 Å². The molecule has 0 aliphatic carbocycles. The van der Waals surface area contributed by atoms with Crippen LogP contribution in [0.1, 0.15) is 35.6 Å². The maximum absolute atomic E-state index is 5.57. The van der Waals surface area contributed by atoms with E-state index >= 15 is 0 Å². The highest BCUT2D eigenvalue weighted by molar-refractivity contribution is 9.10. The lowest BCUT2D eigenvalue weighted by atomic mass is 10.1. The van der Waals surface area contributed by atoms with Crippen LogP contribution < -0.4 is 10.1 Å². The first-order chi connectivity index (χ1) is 9.51. The minimum absolute atomic E-state index is 0. The second-order valence-corrected chi connectivity index (χ2v) is 5.79. The Hall–Kier alpha value is -0.970. The Bertz CT molecular complexity index is 598. The quantitative estimate of drug-likeness (QED) is 0.805. The summed E-state index contributed by atoms with van der Waals surface area (Å²) in [6.45, 7) is 6.93. The van der Waals surface area contributed by atoms with Crippen LogP contribution in [0.4, 0.5) is 0 Å². The molecule has 1 unspecified atom stereocenters. The van der Waals surface area contributed by atoms with Crippen LogP contribution in [-0.4, -0.2) is 7.11 Å². The van der Waals surface area contributed by atoms with E-state index in [4.69, 9.17) is 9.15 Å². The number of ether oxygens (including phenoxy) is 1. The smallest absolute Gasteiger partial charge is 0.133 e. The van der Waals surface area contributed by atoms with E-state index in [1.54, 1.807) is 7.11 Å². The summed E-state index contributed by atoms with van der Waals surface area (Å²) in [6.07, 6.45) is 0. The van der Waals surface area contributed by atoms with Crippen molar-refractivity contribution in [2.75, 3.05) is 7.11 Å². The Morgan fingerprint density at radius 3 is 2.52 bits per heavy atom. The Morgan fingerprint density at radius 1 is 1.29 bits per heavy atom. The highest BCUT2D eigenvalue weighted by Crippen LogP contribution is 2.26. The van der Waals surface area contributed by atoms with Gasteiger partial charge in [0.2, 0.25) is 0 Å². The molecule has 0 aliphatic rings. The Morgan fingerprint density at radius 2 is 2.00 bits per heavy atom. The van der Waals surface area contributed by atoms with E-state index in [0.717, 1.165) is 28.3 Å². The van der Waals surface area contributed by atoms with Gasteiger partial charge in [0.05, 0.1) is 11.6 Å². The van der Waals surface area contributed by atoms with Crippen LogP contribution in [0, 0.1) is 13.8 Å². The highest BCUT2D eigenvalue weighted by Gasteiger charge is 2.12. The summed E-state index contributed by atoms with van der Waals surface area (Å²) >= 11 is 3.51. The maximum atomic E-state index is 5.57. The van der Waals surface area contributed by atoms with Gasteiger partial charge in [-0.15, -0.1) is 12.4 Å². The lowest BCUT2D eigenvalue weighted by molar-refractivity contribution is 0.412. The molecule has 1 N–H and O–H groups in total. The van der Waals surface area contributed by atoms with Crippen LogP contribution in [0.3, 0.4) is 0 Å². The Kier molecular flexibility index (Phi) is 6.78. The summed E-state index contributed by atoms with van der Waals surface area (Å²) in [4.78, 5) is 0. The SMILES string of the molecule is COc1ccc(CNC(C)c2cc(C)oc2C)cc1Br.Cl. The second-order valence-electron chi connectivity index (χ2n) is 4.94. The molecule has 5 heteroatoms. The van der Waals surface area contributed by atoms with Gasteiger partial charge in [-0.1, -0.05) is 6.07 Å². The van der Waals surface area contributed by atoms with Crippen LogP contribution in [0.25, 0.3) is 0 Å². The van der Waals surface area contributed by atoms with Gasteiger partial charge >= 0.3 is 0 Å². The second kappa shape index (κ2) is 7.87. The summed E-state index contributed by atoms with van der Waals surface area (Å²) < 4.78 is 11.8. The van der Waals surface area contributed by atoms with Gasteiger partial charge in [0.1, 0.15) is 17.3 Å². The van der Waals surface area contributed by atoms with E-state index in [0.29, 0.717) is 0 Å². The van der Waals surface area contributed by atoms with Gasteiger partial charge in [-0.25, -0.2) is 0 Å². The average molecular weight is 375 g/mol. The largest absolute Gasteiger partial charge is 0.496 e.